The normalized spacial score (nSPS) is 16.0. The summed E-state index contributed by atoms with van der Waals surface area (Å²) in [6.07, 6.45) is 0.809. The van der Waals surface area contributed by atoms with Gasteiger partial charge in [0, 0.05) is 13.1 Å². The molecule has 0 atom stereocenters. The van der Waals surface area contributed by atoms with Crippen LogP contribution in [0.25, 0.3) is 0 Å². The molecule has 2 aromatic carbocycles. The average Bonchev–Trinajstić information content (AvgIpc) is 2.69. The van der Waals surface area contributed by atoms with Crippen LogP contribution in [0.1, 0.15) is 29.5 Å². The molecule has 1 heterocycles. The van der Waals surface area contributed by atoms with Gasteiger partial charge in [0.05, 0.1) is 5.41 Å². The second-order valence-electron chi connectivity index (χ2n) is 7.17. The second-order valence-corrected chi connectivity index (χ2v) is 7.17. The SMILES string of the molecule is Cc1ccc(OCC(=O)N2CCC(C(=O)O)(c3ccccc3)CC2)cc1C. The van der Waals surface area contributed by atoms with Crippen LogP contribution >= 0.6 is 0 Å². The molecule has 5 nitrogen and oxygen atoms in total. The number of likely N-dealkylation sites (tertiary alicyclic amines) is 1. The first-order valence-electron chi connectivity index (χ1n) is 9.19. The van der Waals surface area contributed by atoms with Crippen molar-refractivity contribution in [3.8, 4) is 5.75 Å². The number of hydrogen-bond acceptors (Lipinski definition) is 3. The number of hydrogen-bond donors (Lipinski definition) is 1. The molecule has 27 heavy (non-hydrogen) atoms. The van der Waals surface area contributed by atoms with Gasteiger partial charge in [0.25, 0.3) is 5.91 Å². The van der Waals surface area contributed by atoms with E-state index in [-0.39, 0.29) is 12.5 Å². The van der Waals surface area contributed by atoms with Gasteiger partial charge in [-0.2, -0.15) is 0 Å². The highest BCUT2D eigenvalue weighted by Gasteiger charge is 2.43. The molecule has 1 amide bonds. The lowest BCUT2D eigenvalue weighted by Gasteiger charge is -2.39. The molecule has 0 aromatic heterocycles. The van der Waals surface area contributed by atoms with Gasteiger partial charge in [0.15, 0.2) is 6.61 Å². The van der Waals surface area contributed by atoms with E-state index in [9.17, 15) is 14.7 Å². The van der Waals surface area contributed by atoms with Crippen LogP contribution in [0.4, 0.5) is 0 Å². The third-order valence-corrected chi connectivity index (χ3v) is 5.55. The molecule has 1 aliphatic heterocycles. The predicted molar refractivity (Wildman–Crippen MR) is 103 cm³/mol. The van der Waals surface area contributed by atoms with Crippen LogP contribution in [0.15, 0.2) is 48.5 Å². The van der Waals surface area contributed by atoms with Crippen LogP contribution in [0.3, 0.4) is 0 Å². The molecule has 1 fully saturated rings. The van der Waals surface area contributed by atoms with E-state index in [0.717, 1.165) is 11.1 Å². The molecule has 3 rings (SSSR count). The largest absolute Gasteiger partial charge is 0.484 e. The minimum atomic E-state index is -0.924. The Kier molecular flexibility index (Phi) is 5.49. The number of carboxylic acids is 1. The topological polar surface area (TPSA) is 66.8 Å². The lowest BCUT2D eigenvalue weighted by atomic mass is 9.73. The van der Waals surface area contributed by atoms with Crippen molar-refractivity contribution in [1.29, 1.82) is 0 Å². The summed E-state index contributed by atoms with van der Waals surface area (Å²) in [6.45, 7) is 4.82. The van der Waals surface area contributed by atoms with Gasteiger partial charge in [-0.25, -0.2) is 0 Å². The first kappa shape index (κ1) is 19.0. The quantitative estimate of drug-likeness (QED) is 0.880. The van der Waals surface area contributed by atoms with Crippen LogP contribution in [-0.4, -0.2) is 41.6 Å². The summed E-state index contributed by atoms with van der Waals surface area (Å²) in [5, 5.41) is 9.84. The van der Waals surface area contributed by atoms with Gasteiger partial charge in [-0.1, -0.05) is 36.4 Å². The number of aliphatic carboxylic acids is 1. The van der Waals surface area contributed by atoms with E-state index in [0.29, 0.717) is 31.7 Å². The van der Waals surface area contributed by atoms with Crippen molar-refractivity contribution < 1.29 is 19.4 Å². The molecule has 0 radical (unpaired) electrons. The first-order valence-corrected chi connectivity index (χ1v) is 9.19. The van der Waals surface area contributed by atoms with Crippen LogP contribution in [-0.2, 0) is 15.0 Å². The Hall–Kier alpha value is -2.82. The lowest BCUT2D eigenvalue weighted by Crippen LogP contribution is -2.50. The van der Waals surface area contributed by atoms with Crippen molar-refractivity contribution >= 4 is 11.9 Å². The van der Waals surface area contributed by atoms with Gasteiger partial charge >= 0.3 is 5.97 Å². The molecule has 1 saturated heterocycles. The molecular weight excluding hydrogens is 342 g/mol. The van der Waals surface area contributed by atoms with E-state index >= 15 is 0 Å². The Bertz CT molecular complexity index is 823. The number of nitrogens with zero attached hydrogens (tertiary/aromatic N) is 1. The zero-order valence-electron chi connectivity index (χ0n) is 15.8. The molecule has 2 aromatic rings. The third kappa shape index (κ3) is 3.97. The zero-order chi connectivity index (χ0) is 19.4. The van der Waals surface area contributed by atoms with Gasteiger partial charge in [0.1, 0.15) is 5.75 Å². The van der Waals surface area contributed by atoms with Crippen molar-refractivity contribution in [2.45, 2.75) is 32.1 Å². The number of carboxylic acid groups (broad SMARTS) is 1. The van der Waals surface area contributed by atoms with Gasteiger partial charge in [-0.15, -0.1) is 0 Å². The summed E-state index contributed by atoms with van der Waals surface area (Å²) in [7, 11) is 0. The standard InChI is InChI=1S/C22H25NO4/c1-16-8-9-19(14-17(16)2)27-15-20(24)23-12-10-22(11-13-23,21(25)26)18-6-4-3-5-7-18/h3-9,14H,10-13,15H2,1-2H3,(H,25,26). The van der Waals surface area contributed by atoms with Crippen LogP contribution in [0, 0.1) is 13.8 Å². The maximum atomic E-state index is 12.5. The second kappa shape index (κ2) is 7.82. The number of ether oxygens (including phenoxy) is 1. The van der Waals surface area contributed by atoms with Gasteiger partial charge < -0.3 is 14.7 Å². The molecule has 0 saturated carbocycles. The predicted octanol–water partition coefficient (Wildman–Crippen LogP) is 3.33. The summed E-state index contributed by atoms with van der Waals surface area (Å²) < 4.78 is 5.63. The molecule has 0 spiro atoms. The zero-order valence-corrected chi connectivity index (χ0v) is 15.8. The number of carbonyl (C=O) groups is 2. The van der Waals surface area contributed by atoms with E-state index in [1.165, 1.54) is 5.56 Å². The first-order chi connectivity index (χ1) is 12.9. The number of aryl methyl sites for hydroxylation is 2. The van der Waals surface area contributed by atoms with Crippen molar-refractivity contribution in [3.63, 3.8) is 0 Å². The average molecular weight is 367 g/mol. The minimum absolute atomic E-state index is 0.0338. The highest BCUT2D eigenvalue weighted by atomic mass is 16.5. The van der Waals surface area contributed by atoms with Crippen LogP contribution in [0.5, 0.6) is 5.75 Å². The summed E-state index contributed by atoms with van der Waals surface area (Å²) >= 11 is 0. The van der Waals surface area contributed by atoms with Crippen LogP contribution < -0.4 is 4.74 Å². The Labute approximate surface area is 159 Å². The van der Waals surface area contributed by atoms with E-state index < -0.39 is 11.4 Å². The van der Waals surface area contributed by atoms with Crippen molar-refractivity contribution in [2.24, 2.45) is 0 Å². The van der Waals surface area contributed by atoms with Crippen molar-refractivity contribution in [3.05, 3.63) is 65.2 Å². The van der Waals surface area contributed by atoms with E-state index in [1.807, 2.05) is 62.4 Å². The smallest absolute Gasteiger partial charge is 0.314 e. The van der Waals surface area contributed by atoms with E-state index in [2.05, 4.69) is 0 Å². The fourth-order valence-corrected chi connectivity index (χ4v) is 3.56. The van der Waals surface area contributed by atoms with Gasteiger partial charge in [0.2, 0.25) is 0 Å². The number of benzene rings is 2. The Balaban J connectivity index is 1.61. The number of rotatable bonds is 5. The molecule has 0 aliphatic carbocycles. The highest BCUT2D eigenvalue weighted by molar-refractivity contribution is 5.83. The fraction of sp³-hybridized carbons (Fsp3) is 0.364. The Morgan fingerprint density at radius 3 is 2.30 bits per heavy atom. The van der Waals surface area contributed by atoms with Gasteiger partial charge in [-0.3, -0.25) is 9.59 Å². The fourth-order valence-electron chi connectivity index (χ4n) is 3.56. The summed E-state index contributed by atoms with van der Waals surface area (Å²) in [5.74, 6) is -0.264. The summed E-state index contributed by atoms with van der Waals surface area (Å²) in [5.41, 5.74) is 2.17. The minimum Gasteiger partial charge on any atom is -0.484 e. The van der Waals surface area contributed by atoms with E-state index in [4.69, 9.17) is 4.74 Å². The highest BCUT2D eigenvalue weighted by Crippen LogP contribution is 2.36. The summed E-state index contributed by atoms with van der Waals surface area (Å²) in [6, 6.07) is 15.0. The van der Waals surface area contributed by atoms with Crippen molar-refractivity contribution in [2.75, 3.05) is 19.7 Å². The number of carbonyl (C=O) groups excluding carboxylic acids is 1. The summed E-state index contributed by atoms with van der Waals surface area (Å²) in [4.78, 5) is 26.2. The van der Waals surface area contributed by atoms with E-state index in [1.54, 1.807) is 4.90 Å². The van der Waals surface area contributed by atoms with Crippen molar-refractivity contribution in [1.82, 2.24) is 4.90 Å². The molecule has 1 N–H and O–H groups in total. The molecule has 0 bridgehead atoms. The maximum Gasteiger partial charge on any atom is 0.314 e. The number of amides is 1. The monoisotopic (exact) mass is 367 g/mol. The molecule has 0 unspecified atom stereocenters. The molecule has 1 aliphatic rings. The third-order valence-electron chi connectivity index (χ3n) is 5.55. The maximum absolute atomic E-state index is 12.5. The van der Waals surface area contributed by atoms with Gasteiger partial charge in [-0.05, 0) is 55.5 Å². The Morgan fingerprint density at radius 1 is 1.04 bits per heavy atom. The molecule has 142 valence electrons. The van der Waals surface area contributed by atoms with Crippen LogP contribution in [0.2, 0.25) is 0 Å². The molecule has 5 heteroatoms. The number of piperidine rings is 1. The lowest BCUT2D eigenvalue weighted by molar-refractivity contribution is -0.148. The molecular formula is C22H25NO4. The Morgan fingerprint density at radius 2 is 1.70 bits per heavy atom.